The summed E-state index contributed by atoms with van der Waals surface area (Å²) < 4.78 is 22.7. The molecule has 1 unspecified atom stereocenters. The first-order chi connectivity index (χ1) is 14.5. The normalized spacial score (nSPS) is 14.8. The van der Waals surface area contributed by atoms with E-state index in [0.29, 0.717) is 46.3 Å². The fraction of sp³-hybridized carbons (Fsp3) is 0.167. The molecule has 1 aliphatic heterocycles. The quantitative estimate of drug-likeness (QED) is 0.594. The Hall–Kier alpha value is -3.80. The van der Waals surface area contributed by atoms with Crippen molar-refractivity contribution in [1.29, 1.82) is 0 Å². The molecule has 1 atom stereocenters. The summed E-state index contributed by atoms with van der Waals surface area (Å²) in [5, 5.41) is 20.7. The van der Waals surface area contributed by atoms with E-state index in [1.54, 1.807) is 48.5 Å². The van der Waals surface area contributed by atoms with E-state index >= 15 is 0 Å². The average molecular weight is 406 g/mol. The van der Waals surface area contributed by atoms with Gasteiger partial charge in [0, 0.05) is 5.56 Å². The van der Waals surface area contributed by atoms with Gasteiger partial charge in [-0.05, 0) is 47.5 Å². The largest absolute Gasteiger partial charge is 0.508 e. The van der Waals surface area contributed by atoms with Crippen LogP contribution < -0.4 is 18.9 Å². The number of rotatable bonds is 5. The van der Waals surface area contributed by atoms with Gasteiger partial charge in [-0.1, -0.05) is 24.8 Å². The summed E-state index contributed by atoms with van der Waals surface area (Å²) in [4.78, 5) is 0. The molecule has 3 aromatic rings. The molecule has 30 heavy (non-hydrogen) atoms. The van der Waals surface area contributed by atoms with Crippen molar-refractivity contribution < 1.29 is 29.2 Å². The van der Waals surface area contributed by atoms with Gasteiger partial charge >= 0.3 is 0 Å². The molecule has 3 aromatic carbocycles. The van der Waals surface area contributed by atoms with Gasteiger partial charge in [-0.2, -0.15) is 0 Å². The number of phenols is 2. The van der Waals surface area contributed by atoms with Crippen LogP contribution in [0.25, 0.3) is 22.3 Å². The Kier molecular flexibility index (Phi) is 5.14. The molecule has 1 heterocycles. The third-order valence-corrected chi connectivity index (χ3v) is 5.00. The molecule has 0 spiro atoms. The van der Waals surface area contributed by atoms with E-state index < -0.39 is 0 Å². The highest BCUT2D eigenvalue weighted by molar-refractivity contribution is 5.88. The van der Waals surface area contributed by atoms with E-state index in [-0.39, 0.29) is 17.6 Å². The van der Waals surface area contributed by atoms with Crippen LogP contribution in [0.1, 0.15) is 0 Å². The van der Waals surface area contributed by atoms with Gasteiger partial charge < -0.3 is 29.2 Å². The van der Waals surface area contributed by atoms with Crippen LogP contribution in [0.3, 0.4) is 0 Å². The lowest BCUT2D eigenvalue weighted by atomic mass is 9.96. The highest BCUT2D eigenvalue weighted by atomic mass is 16.6. The highest BCUT2D eigenvalue weighted by Crippen LogP contribution is 2.50. The van der Waals surface area contributed by atoms with Crippen molar-refractivity contribution in [3.05, 3.63) is 61.2 Å². The number of methoxy groups -OCH3 is 2. The van der Waals surface area contributed by atoms with Gasteiger partial charge in [-0.15, -0.1) is 0 Å². The Labute approximate surface area is 174 Å². The Balaban J connectivity index is 1.87. The van der Waals surface area contributed by atoms with E-state index in [2.05, 4.69) is 6.58 Å². The van der Waals surface area contributed by atoms with E-state index in [0.717, 1.165) is 5.56 Å². The summed E-state index contributed by atoms with van der Waals surface area (Å²) >= 11 is 0. The first kappa shape index (κ1) is 19.5. The fourth-order valence-corrected chi connectivity index (χ4v) is 3.49. The summed E-state index contributed by atoms with van der Waals surface area (Å²) in [5.74, 6) is 2.05. The number of aromatic hydroxyl groups is 2. The lowest BCUT2D eigenvalue weighted by Crippen LogP contribution is -2.26. The van der Waals surface area contributed by atoms with E-state index in [9.17, 15) is 10.2 Å². The van der Waals surface area contributed by atoms with Crippen LogP contribution in [0, 0.1) is 0 Å². The lowest BCUT2D eigenvalue weighted by molar-refractivity contribution is 0.123. The molecular formula is C24H22O6. The van der Waals surface area contributed by atoms with Crippen molar-refractivity contribution in [1.82, 2.24) is 0 Å². The molecule has 0 amide bonds. The Bertz CT molecular complexity index is 1090. The fourth-order valence-electron chi connectivity index (χ4n) is 3.49. The van der Waals surface area contributed by atoms with Gasteiger partial charge in [0.2, 0.25) is 0 Å². The van der Waals surface area contributed by atoms with Crippen LogP contribution in [0.2, 0.25) is 0 Å². The zero-order valence-electron chi connectivity index (χ0n) is 16.7. The van der Waals surface area contributed by atoms with Crippen LogP contribution in [0.5, 0.6) is 34.5 Å². The smallest absolute Gasteiger partial charge is 0.170 e. The van der Waals surface area contributed by atoms with E-state index in [1.807, 2.05) is 6.07 Å². The minimum Gasteiger partial charge on any atom is -0.508 e. The van der Waals surface area contributed by atoms with E-state index in [1.165, 1.54) is 14.2 Å². The van der Waals surface area contributed by atoms with Gasteiger partial charge in [0.05, 0.1) is 19.8 Å². The molecular weight excluding hydrogens is 384 g/mol. The third-order valence-electron chi connectivity index (χ3n) is 5.00. The molecule has 1 aliphatic rings. The topological polar surface area (TPSA) is 77.4 Å². The van der Waals surface area contributed by atoms with Gasteiger partial charge in [-0.25, -0.2) is 0 Å². The maximum atomic E-state index is 11.1. The first-order valence-corrected chi connectivity index (χ1v) is 9.39. The molecule has 6 heteroatoms. The minimum atomic E-state index is -0.241. The molecule has 2 N–H and O–H groups in total. The van der Waals surface area contributed by atoms with Gasteiger partial charge in [0.1, 0.15) is 18.1 Å². The summed E-state index contributed by atoms with van der Waals surface area (Å²) in [6.45, 7) is 4.15. The third kappa shape index (κ3) is 3.37. The van der Waals surface area contributed by atoms with Crippen molar-refractivity contribution in [2.45, 2.75) is 6.10 Å². The number of phenolic OH excluding ortho intramolecular Hbond substituents is 2. The molecule has 0 radical (unpaired) electrons. The second kappa shape index (κ2) is 7.91. The average Bonchev–Trinajstić information content (AvgIpc) is 2.78. The Morgan fingerprint density at radius 2 is 1.70 bits per heavy atom. The zero-order valence-corrected chi connectivity index (χ0v) is 16.7. The van der Waals surface area contributed by atoms with Crippen molar-refractivity contribution in [2.75, 3.05) is 20.8 Å². The molecule has 0 saturated heterocycles. The summed E-state index contributed by atoms with van der Waals surface area (Å²) in [6.07, 6.45) is 1.44. The summed E-state index contributed by atoms with van der Waals surface area (Å²) in [7, 11) is 3.03. The standard InChI is InChI=1S/C24H22O6/c1-4-17-13-29-19-10-7-15(11-20(19)30-17)22-21(27-2)12-18(24(28-3)23(22)26)14-5-8-16(25)9-6-14/h4-12,17,25-26H,1,13H2,2-3H3. The number of fused-ring (bicyclic) bond motifs is 1. The Morgan fingerprint density at radius 3 is 2.37 bits per heavy atom. The molecule has 0 aromatic heterocycles. The molecule has 154 valence electrons. The monoisotopic (exact) mass is 406 g/mol. The maximum Gasteiger partial charge on any atom is 0.170 e. The molecule has 0 aliphatic carbocycles. The van der Waals surface area contributed by atoms with E-state index in [4.69, 9.17) is 18.9 Å². The van der Waals surface area contributed by atoms with Crippen molar-refractivity contribution in [3.63, 3.8) is 0 Å². The second-order valence-corrected chi connectivity index (χ2v) is 6.79. The zero-order chi connectivity index (χ0) is 21.3. The molecule has 0 fully saturated rings. The second-order valence-electron chi connectivity index (χ2n) is 6.79. The van der Waals surface area contributed by atoms with Crippen LogP contribution in [-0.4, -0.2) is 37.1 Å². The lowest BCUT2D eigenvalue weighted by Gasteiger charge is -2.25. The number of hydrogen-bond donors (Lipinski definition) is 2. The predicted molar refractivity (Wildman–Crippen MR) is 114 cm³/mol. The molecule has 0 bridgehead atoms. The molecule has 6 nitrogen and oxygen atoms in total. The van der Waals surface area contributed by atoms with Gasteiger partial charge in [0.25, 0.3) is 0 Å². The van der Waals surface area contributed by atoms with Crippen molar-refractivity contribution in [2.24, 2.45) is 0 Å². The minimum absolute atomic E-state index is 0.0585. The number of benzene rings is 3. The van der Waals surface area contributed by atoms with Crippen LogP contribution in [0.15, 0.2) is 61.2 Å². The summed E-state index contributed by atoms with van der Waals surface area (Å²) in [5.41, 5.74) is 2.57. The first-order valence-electron chi connectivity index (χ1n) is 9.39. The molecule has 0 saturated carbocycles. The van der Waals surface area contributed by atoms with Crippen molar-refractivity contribution >= 4 is 0 Å². The van der Waals surface area contributed by atoms with Gasteiger partial charge in [-0.3, -0.25) is 0 Å². The number of ether oxygens (including phenoxy) is 4. The predicted octanol–water partition coefficient (Wildman–Crippen LogP) is 4.77. The van der Waals surface area contributed by atoms with Crippen LogP contribution >= 0.6 is 0 Å². The Morgan fingerprint density at radius 1 is 0.967 bits per heavy atom. The molecule has 4 rings (SSSR count). The SMILES string of the molecule is C=CC1COc2ccc(-c3c(OC)cc(-c4ccc(O)cc4)c(OC)c3O)cc2O1. The van der Waals surface area contributed by atoms with Crippen molar-refractivity contribution in [3.8, 4) is 56.8 Å². The summed E-state index contributed by atoms with van der Waals surface area (Å²) in [6, 6.07) is 13.8. The van der Waals surface area contributed by atoms with Gasteiger partial charge in [0.15, 0.2) is 29.1 Å². The van der Waals surface area contributed by atoms with Crippen LogP contribution in [0.4, 0.5) is 0 Å². The number of hydrogen-bond acceptors (Lipinski definition) is 6. The maximum absolute atomic E-state index is 11.1. The van der Waals surface area contributed by atoms with Crippen LogP contribution in [-0.2, 0) is 0 Å². The highest BCUT2D eigenvalue weighted by Gasteiger charge is 2.24.